The molecule has 0 aliphatic heterocycles. The first-order chi connectivity index (χ1) is 7.27. The van der Waals surface area contributed by atoms with Crippen molar-refractivity contribution in [2.24, 2.45) is 0 Å². The quantitative estimate of drug-likeness (QED) is 0.647. The van der Waals surface area contributed by atoms with Gasteiger partial charge in [0.15, 0.2) is 0 Å². The highest BCUT2D eigenvalue weighted by Crippen LogP contribution is 2.08. The zero-order valence-electron chi connectivity index (χ0n) is 9.09. The van der Waals surface area contributed by atoms with Gasteiger partial charge in [0.05, 0.1) is 11.5 Å². The average Bonchev–Trinajstić information content (AvgIpc) is 2.18. The average molecular weight is 311 g/mol. The van der Waals surface area contributed by atoms with Crippen molar-refractivity contribution in [2.75, 3.05) is 6.61 Å². The summed E-state index contributed by atoms with van der Waals surface area (Å²) in [6, 6.07) is 5.99. The van der Waals surface area contributed by atoms with Gasteiger partial charge in [-0.3, -0.25) is 4.55 Å². The van der Waals surface area contributed by atoms with Gasteiger partial charge >= 0.3 is 0 Å². The molecule has 0 heterocycles. The number of rotatable bonds is 2. The molecular weight excluding hydrogens is 296 g/mol. The molecule has 0 aromatic heterocycles. The minimum atomic E-state index is -4.02. The summed E-state index contributed by atoms with van der Waals surface area (Å²) >= 11 is 3.12. The molecule has 0 aliphatic rings. The molecule has 0 saturated heterocycles. The van der Waals surface area contributed by atoms with Crippen LogP contribution in [0, 0.1) is 6.92 Å². The predicted molar refractivity (Wildman–Crippen MR) is 66.5 cm³/mol. The molecule has 16 heavy (non-hydrogen) atoms. The molecule has 0 spiro atoms. The predicted octanol–water partition coefficient (Wildman–Crippen LogP) is 2.00. The standard InChI is InChI=1S/C7H8O3S.C3H7BrO/c1-6-2-4-7(5-3-6)11(8,9)10;1-3(4)2-5/h2-5H,1H3,(H,8,9,10);3,5H,2H2,1H3. The molecule has 1 atom stereocenters. The maximum absolute atomic E-state index is 10.5. The Hall–Kier alpha value is -0.430. The Balaban J connectivity index is 0.000000385. The summed E-state index contributed by atoms with van der Waals surface area (Å²) in [6.07, 6.45) is 0. The van der Waals surface area contributed by atoms with Gasteiger partial charge < -0.3 is 5.11 Å². The van der Waals surface area contributed by atoms with Crippen LogP contribution in [0.2, 0.25) is 0 Å². The van der Waals surface area contributed by atoms with Crippen LogP contribution in [0.25, 0.3) is 0 Å². The molecule has 0 aliphatic carbocycles. The molecule has 0 radical (unpaired) electrons. The number of benzene rings is 1. The molecule has 4 nitrogen and oxygen atoms in total. The second-order valence-electron chi connectivity index (χ2n) is 3.25. The molecule has 0 amide bonds. The Kier molecular flexibility index (Phi) is 6.82. The van der Waals surface area contributed by atoms with E-state index >= 15 is 0 Å². The van der Waals surface area contributed by atoms with Crippen LogP contribution in [0.15, 0.2) is 29.2 Å². The summed E-state index contributed by atoms with van der Waals surface area (Å²) in [6.45, 7) is 3.95. The maximum Gasteiger partial charge on any atom is 0.294 e. The van der Waals surface area contributed by atoms with Crippen LogP contribution in [-0.4, -0.2) is 29.5 Å². The van der Waals surface area contributed by atoms with Crippen molar-refractivity contribution in [2.45, 2.75) is 23.6 Å². The van der Waals surface area contributed by atoms with Crippen LogP contribution < -0.4 is 0 Å². The maximum atomic E-state index is 10.5. The lowest BCUT2D eigenvalue weighted by atomic mass is 10.2. The van der Waals surface area contributed by atoms with E-state index in [1.807, 2.05) is 13.8 Å². The lowest BCUT2D eigenvalue weighted by Gasteiger charge is -1.95. The van der Waals surface area contributed by atoms with Gasteiger partial charge in [-0.25, -0.2) is 0 Å². The fraction of sp³-hybridized carbons (Fsp3) is 0.400. The summed E-state index contributed by atoms with van der Waals surface area (Å²) in [5.41, 5.74) is 0.956. The van der Waals surface area contributed by atoms with Crippen LogP contribution in [0.3, 0.4) is 0 Å². The summed E-state index contributed by atoms with van der Waals surface area (Å²) < 4.78 is 29.6. The van der Waals surface area contributed by atoms with Crippen molar-refractivity contribution in [3.05, 3.63) is 29.8 Å². The van der Waals surface area contributed by atoms with Crippen LogP contribution in [0.5, 0.6) is 0 Å². The molecule has 6 heteroatoms. The van der Waals surface area contributed by atoms with E-state index in [1.54, 1.807) is 12.1 Å². The summed E-state index contributed by atoms with van der Waals surface area (Å²) in [4.78, 5) is 0.186. The van der Waals surface area contributed by atoms with Crippen molar-refractivity contribution >= 4 is 26.0 Å². The second-order valence-corrected chi connectivity index (χ2v) is 6.24. The van der Waals surface area contributed by atoms with E-state index in [-0.39, 0.29) is 16.3 Å². The van der Waals surface area contributed by atoms with Crippen molar-refractivity contribution < 1.29 is 18.1 Å². The number of alkyl halides is 1. The summed E-state index contributed by atoms with van der Waals surface area (Å²) in [5.74, 6) is 0. The molecule has 1 rings (SSSR count). The largest absolute Gasteiger partial charge is 0.395 e. The van der Waals surface area contributed by atoms with Gasteiger partial charge in [0.2, 0.25) is 0 Å². The minimum Gasteiger partial charge on any atom is -0.395 e. The lowest BCUT2D eigenvalue weighted by molar-refractivity contribution is 0.302. The second kappa shape index (κ2) is 7.01. The smallest absolute Gasteiger partial charge is 0.294 e. The minimum absolute atomic E-state index is 0.0666. The Morgan fingerprint density at radius 2 is 1.69 bits per heavy atom. The SMILES string of the molecule is CC(Br)CO.Cc1ccc(S(=O)(=O)O)cc1. The van der Waals surface area contributed by atoms with E-state index in [0.717, 1.165) is 5.56 Å². The van der Waals surface area contributed by atoms with E-state index < -0.39 is 10.1 Å². The number of aliphatic hydroxyl groups excluding tert-OH is 1. The lowest BCUT2D eigenvalue weighted by Crippen LogP contribution is -1.96. The van der Waals surface area contributed by atoms with E-state index in [0.29, 0.717) is 0 Å². The first-order valence-corrected chi connectivity index (χ1v) is 6.92. The van der Waals surface area contributed by atoms with Crippen LogP contribution in [0.1, 0.15) is 12.5 Å². The summed E-state index contributed by atoms with van der Waals surface area (Å²) in [7, 11) is -4.02. The Labute approximate surface area is 104 Å². The first-order valence-electron chi connectivity index (χ1n) is 4.56. The molecule has 2 N–H and O–H groups in total. The monoisotopic (exact) mass is 310 g/mol. The van der Waals surface area contributed by atoms with Crippen LogP contribution in [-0.2, 0) is 10.1 Å². The Morgan fingerprint density at radius 1 is 1.31 bits per heavy atom. The van der Waals surface area contributed by atoms with E-state index in [9.17, 15) is 8.42 Å². The third-order valence-corrected chi connectivity index (χ3v) is 2.73. The number of aryl methyl sites for hydroxylation is 1. The zero-order valence-corrected chi connectivity index (χ0v) is 11.5. The molecule has 1 aromatic carbocycles. The normalized spacial score (nSPS) is 12.6. The van der Waals surface area contributed by atoms with Crippen molar-refractivity contribution in [3.8, 4) is 0 Å². The van der Waals surface area contributed by atoms with Gasteiger partial charge in [0.25, 0.3) is 10.1 Å². The molecule has 1 unspecified atom stereocenters. The topological polar surface area (TPSA) is 74.6 Å². The van der Waals surface area contributed by atoms with E-state index in [4.69, 9.17) is 9.66 Å². The molecular formula is C10H15BrO4S. The number of aliphatic hydroxyl groups is 1. The van der Waals surface area contributed by atoms with E-state index in [1.165, 1.54) is 12.1 Å². The first kappa shape index (κ1) is 15.6. The molecule has 0 bridgehead atoms. The summed E-state index contributed by atoms with van der Waals surface area (Å²) in [5, 5.41) is 8.10. The zero-order chi connectivity index (χ0) is 12.8. The third-order valence-electron chi connectivity index (χ3n) is 1.57. The highest BCUT2D eigenvalue weighted by Gasteiger charge is 2.06. The highest BCUT2D eigenvalue weighted by molar-refractivity contribution is 9.09. The number of hydrogen-bond donors (Lipinski definition) is 2. The van der Waals surface area contributed by atoms with Gasteiger partial charge in [-0.1, -0.05) is 40.5 Å². The number of halogens is 1. The Morgan fingerprint density at radius 3 is 1.94 bits per heavy atom. The molecule has 92 valence electrons. The fourth-order valence-electron chi connectivity index (χ4n) is 0.710. The third kappa shape index (κ3) is 6.95. The van der Waals surface area contributed by atoms with Crippen LogP contribution in [0.4, 0.5) is 0 Å². The molecule has 0 saturated carbocycles. The molecule has 1 aromatic rings. The van der Waals surface area contributed by atoms with Gasteiger partial charge in [-0.2, -0.15) is 8.42 Å². The van der Waals surface area contributed by atoms with Crippen molar-refractivity contribution in [1.29, 1.82) is 0 Å². The van der Waals surface area contributed by atoms with Crippen LogP contribution >= 0.6 is 15.9 Å². The molecule has 0 fully saturated rings. The van der Waals surface area contributed by atoms with Gasteiger partial charge in [0.1, 0.15) is 0 Å². The van der Waals surface area contributed by atoms with E-state index in [2.05, 4.69) is 15.9 Å². The Bertz CT molecular complexity index is 397. The van der Waals surface area contributed by atoms with Crippen molar-refractivity contribution in [1.82, 2.24) is 0 Å². The van der Waals surface area contributed by atoms with Gasteiger partial charge in [-0.15, -0.1) is 0 Å². The fourth-order valence-corrected chi connectivity index (χ4v) is 1.19. The van der Waals surface area contributed by atoms with Crippen molar-refractivity contribution in [3.63, 3.8) is 0 Å². The van der Waals surface area contributed by atoms with Gasteiger partial charge in [-0.05, 0) is 19.1 Å². The van der Waals surface area contributed by atoms with Gasteiger partial charge in [0, 0.05) is 4.83 Å². The highest BCUT2D eigenvalue weighted by atomic mass is 79.9. The number of hydrogen-bond acceptors (Lipinski definition) is 3.